The molecule has 8 nitrogen and oxygen atoms in total. The van der Waals surface area contributed by atoms with Crippen molar-refractivity contribution < 1.29 is 12.9 Å². The Morgan fingerprint density at radius 3 is 2.79 bits per heavy atom. The number of imidazole rings is 1. The van der Waals surface area contributed by atoms with Crippen LogP contribution < -0.4 is 0 Å². The van der Waals surface area contributed by atoms with Gasteiger partial charge in [0.2, 0.25) is 10.0 Å². The van der Waals surface area contributed by atoms with E-state index in [0.717, 1.165) is 36.4 Å². The number of hydrogen-bond acceptors (Lipinski definition) is 6. The summed E-state index contributed by atoms with van der Waals surface area (Å²) in [6.45, 7) is 9.47. The lowest BCUT2D eigenvalue weighted by molar-refractivity contribution is 0.389. The third-order valence-electron chi connectivity index (χ3n) is 5.42. The summed E-state index contributed by atoms with van der Waals surface area (Å²) in [6, 6.07) is 3.87. The Morgan fingerprint density at radius 2 is 2.10 bits per heavy atom. The maximum Gasteiger partial charge on any atom is 0.248 e. The molecule has 156 valence electrons. The fourth-order valence-corrected chi connectivity index (χ4v) is 5.95. The first kappa shape index (κ1) is 20.0. The van der Waals surface area contributed by atoms with Gasteiger partial charge in [-0.1, -0.05) is 19.0 Å². The van der Waals surface area contributed by atoms with Gasteiger partial charge in [0.25, 0.3) is 0 Å². The van der Waals surface area contributed by atoms with Crippen LogP contribution in [0.5, 0.6) is 0 Å². The van der Waals surface area contributed by atoms with Crippen molar-refractivity contribution in [3.63, 3.8) is 0 Å². The highest BCUT2D eigenvalue weighted by Crippen LogP contribution is 2.30. The molecular weight excluding hydrogens is 390 g/mol. The van der Waals surface area contributed by atoms with Gasteiger partial charge in [0.15, 0.2) is 11.4 Å². The van der Waals surface area contributed by atoms with E-state index in [1.54, 1.807) is 24.3 Å². The fraction of sp³-hybridized carbons (Fsp3) is 0.550. The molecule has 9 heteroatoms. The molecule has 0 spiro atoms. The first-order valence-corrected chi connectivity index (χ1v) is 11.4. The number of aromatic nitrogens is 4. The average Bonchev–Trinajstić information content (AvgIpc) is 3.34. The van der Waals surface area contributed by atoms with Crippen LogP contribution in [0.4, 0.5) is 0 Å². The lowest BCUT2D eigenvalue weighted by Gasteiger charge is -2.17. The Morgan fingerprint density at radius 1 is 1.31 bits per heavy atom. The highest BCUT2D eigenvalue weighted by Gasteiger charge is 2.36. The minimum atomic E-state index is -3.60. The molecule has 3 aromatic rings. The second kappa shape index (κ2) is 7.53. The summed E-state index contributed by atoms with van der Waals surface area (Å²) in [5.74, 6) is 2.01. The number of pyridine rings is 1. The molecule has 3 aromatic heterocycles. The fourth-order valence-electron chi connectivity index (χ4n) is 4.13. The van der Waals surface area contributed by atoms with E-state index in [1.165, 1.54) is 0 Å². The van der Waals surface area contributed by atoms with Crippen molar-refractivity contribution in [2.24, 2.45) is 11.8 Å². The zero-order chi connectivity index (χ0) is 20.8. The molecule has 0 radical (unpaired) electrons. The summed E-state index contributed by atoms with van der Waals surface area (Å²) >= 11 is 0. The van der Waals surface area contributed by atoms with Crippen LogP contribution in [0.3, 0.4) is 0 Å². The molecule has 0 saturated carbocycles. The van der Waals surface area contributed by atoms with Crippen LogP contribution in [-0.4, -0.2) is 45.5 Å². The predicted octanol–water partition coefficient (Wildman–Crippen LogP) is 2.95. The lowest BCUT2D eigenvalue weighted by atomic mass is 10.0. The maximum absolute atomic E-state index is 13.1. The molecule has 4 rings (SSSR count). The van der Waals surface area contributed by atoms with Crippen molar-refractivity contribution in [3.05, 3.63) is 35.6 Å². The molecule has 1 fully saturated rings. The van der Waals surface area contributed by atoms with Gasteiger partial charge < -0.3 is 9.09 Å². The predicted molar refractivity (Wildman–Crippen MR) is 109 cm³/mol. The van der Waals surface area contributed by atoms with Crippen molar-refractivity contribution in [2.45, 2.75) is 52.0 Å². The van der Waals surface area contributed by atoms with Crippen LogP contribution in [0.2, 0.25) is 0 Å². The highest BCUT2D eigenvalue weighted by atomic mass is 32.2. The average molecular weight is 418 g/mol. The van der Waals surface area contributed by atoms with Gasteiger partial charge in [0.1, 0.15) is 21.9 Å². The van der Waals surface area contributed by atoms with Gasteiger partial charge in [-0.05, 0) is 44.2 Å². The van der Waals surface area contributed by atoms with E-state index in [-0.39, 0.29) is 10.8 Å². The summed E-state index contributed by atoms with van der Waals surface area (Å²) in [5.41, 5.74) is 2.20. The van der Waals surface area contributed by atoms with Crippen LogP contribution >= 0.6 is 0 Å². The number of sulfonamides is 1. The minimum Gasteiger partial charge on any atom is -0.360 e. The Bertz CT molecular complexity index is 1110. The van der Waals surface area contributed by atoms with Crippen LogP contribution in [-0.2, 0) is 23.0 Å². The number of nitrogens with zero attached hydrogens (tertiary/aromatic N) is 5. The quantitative estimate of drug-likeness (QED) is 0.612. The van der Waals surface area contributed by atoms with Crippen LogP contribution in [0.15, 0.2) is 27.7 Å². The summed E-state index contributed by atoms with van der Waals surface area (Å²) < 4.78 is 35.0. The first-order chi connectivity index (χ1) is 13.8. The monoisotopic (exact) mass is 417 g/mol. The molecule has 0 bridgehead atoms. The third-order valence-corrected chi connectivity index (χ3v) is 7.53. The van der Waals surface area contributed by atoms with Crippen molar-refractivity contribution in [2.75, 3.05) is 13.1 Å². The molecular formula is C20H27N5O3S. The summed E-state index contributed by atoms with van der Waals surface area (Å²) in [7, 11) is -3.60. The Labute approximate surface area is 171 Å². The molecule has 0 aromatic carbocycles. The molecule has 0 amide bonds. The molecule has 4 heterocycles. The van der Waals surface area contributed by atoms with Crippen LogP contribution in [0.25, 0.3) is 11.2 Å². The van der Waals surface area contributed by atoms with E-state index in [9.17, 15) is 8.42 Å². The molecule has 1 saturated heterocycles. The number of fused-ring (bicyclic) bond motifs is 1. The zero-order valence-electron chi connectivity index (χ0n) is 17.3. The number of hydrogen-bond donors (Lipinski definition) is 0. The van der Waals surface area contributed by atoms with Gasteiger partial charge in [0, 0.05) is 32.3 Å². The van der Waals surface area contributed by atoms with E-state index < -0.39 is 10.0 Å². The van der Waals surface area contributed by atoms with Crippen molar-refractivity contribution in [1.82, 2.24) is 24.0 Å². The summed E-state index contributed by atoms with van der Waals surface area (Å²) in [5, 5.41) is 3.80. The Hall–Kier alpha value is -2.26. The van der Waals surface area contributed by atoms with Gasteiger partial charge in [0.05, 0.1) is 0 Å². The molecule has 1 aliphatic heterocycles. The third kappa shape index (κ3) is 3.69. The van der Waals surface area contributed by atoms with Crippen molar-refractivity contribution in [3.8, 4) is 0 Å². The first-order valence-electron chi connectivity index (χ1n) is 10.0. The topological polar surface area (TPSA) is 94.1 Å². The Kier molecular flexibility index (Phi) is 5.20. The van der Waals surface area contributed by atoms with Crippen LogP contribution in [0.1, 0.15) is 37.5 Å². The summed E-state index contributed by atoms with van der Waals surface area (Å²) in [6.07, 6.45) is 3.33. The smallest absolute Gasteiger partial charge is 0.248 e. The largest absolute Gasteiger partial charge is 0.360 e. The molecule has 0 aliphatic carbocycles. The van der Waals surface area contributed by atoms with Gasteiger partial charge in [-0.2, -0.15) is 4.31 Å². The second-order valence-corrected chi connectivity index (χ2v) is 10.1. The Balaban J connectivity index is 1.57. The molecule has 1 unspecified atom stereocenters. The number of rotatable bonds is 6. The van der Waals surface area contributed by atoms with E-state index in [2.05, 4.69) is 28.6 Å². The zero-order valence-corrected chi connectivity index (χ0v) is 18.1. The van der Waals surface area contributed by atoms with Gasteiger partial charge in [-0.3, -0.25) is 0 Å². The van der Waals surface area contributed by atoms with E-state index in [4.69, 9.17) is 9.51 Å². The summed E-state index contributed by atoms with van der Waals surface area (Å²) in [4.78, 5) is 9.52. The number of aryl methyl sites for hydroxylation is 2. The highest BCUT2D eigenvalue weighted by molar-refractivity contribution is 7.89. The molecule has 29 heavy (non-hydrogen) atoms. The lowest BCUT2D eigenvalue weighted by Crippen LogP contribution is -2.30. The molecule has 1 aliphatic rings. The maximum atomic E-state index is 13.1. The minimum absolute atomic E-state index is 0.203. The van der Waals surface area contributed by atoms with Gasteiger partial charge in [-0.25, -0.2) is 18.4 Å². The van der Waals surface area contributed by atoms with E-state index in [1.807, 2.05) is 12.1 Å². The molecule has 0 N–H and O–H groups in total. The second-order valence-electron chi connectivity index (χ2n) is 8.25. The van der Waals surface area contributed by atoms with Crippen molar-refractivity contribution in [1.29, 1.82) is 0 Å². The molecule has 1 atom stereocenters. The standard InChI is InChI=1S/C20H27N5O3S/c1-13(2)11-25-18(22-17-6-5-8-21-20(17)25)10-16-7-9-24(12-16)29(26,27)19-14(3)23-28-15(19)4/h5-6,8,13,16H,7,9-12H2,1-4H3. The van der Waals surface area contributed by atoms with E-state index >= 15 is 0 Å². The van der Waals surface area contributed by atoms with Crippen LogP contribution in [0, 0.1) is 25.7 Å². The van der Waals surface area contributed by atoms with E-state index in [0.29, 0.717) is 30.5 Å². The van der Waals surface area contributed by atoms with Crippen molar-refractivity contribution >= 4 is 21.2 Å². The van der Waals surface area contributed by atoms with Gasteiger partial charge in [-0.15, -0.1) is 0 Å². The SMILES string of the molecule is Cc1noc(C)c1S(=O)(=O)N1CCC(Cc2nc3cccnc3n2CC(C)C)C1. The van der Waals surface area contributed by atoms with Gasteiger partial charge >= 0.3 is 0 Å². The normalized spacial score (nSPS) is 18.3.